The highest BCUT2D eigenvalue weighted by Crippen LogP contribution is 2.35. The van der Waals surface area contributed by atoms with E-state index >= 15 is 0 Å². The number of nitrogens with zero attached hydrogens (tertiary/aromatic N) is 1. The molecule has 1 aromatic carbocycles. The summed E-state index contributed by atoms with van der Waals surface area (Å²) < 4.78 is 9.68. The Labute approximate surface area is 168 Å². The maximum Gasteiger partial charge on any atom is 0.355 e. The molecule has 28 heavy (non-hydrogen) atoms. The molecule has 0 fully saturated rings. The third kappa shape index (κ3) is 4.61. The van der Waals surface area contributed by atoms with Crippen LogP contribution in [-0.2, 0) is 23.9 Å². The lowest BCUT2D eigenvalue weighted by Crippen LogP contribution is -2.28. The number of hydrogen-bond donors (Lipinski definition) is 1. The number of allylic oxidation sites excluding steroid dienone is 2. The van der Waals surface area contributed by atoms with Crippen LogP contribution in [0.1, 0.15) is 13.8 Å². The number of anilines is 2. The maximum atomic E-state index is 12.5. The Bertz CT molecular complexity index is 887. The fraction of sp³-hybridized carbons (Fsp3) is 0.250. The molecule has 1 heterocycles. The van der Waals surface area contributed by atoms with Gasteiger partial charge in [-0.05, 0) is 30.4 Å². The molecule has 1 amide bonds. The van der Waals surface area contributed by atoms with Crippen LogP contribution in [0.5, 0.6) is 0 Å². The van der Waals surface area contributed by atoms with Crippen molar-refractivity contribution < 1.29 is 23.9 Å². The molecule has 7 nitrogen and oxygen atoms in total. The van der Waals surface area contributed by atoms with Crippen molar-refractivity contribution in [3.05, 3.63) is 58.9 Å². The van der Waals surface area contributed by atoms with E-state index in [1.807, 2.05) is 0 Å². The van der Waals surface area contributed by atoms with Gasteiger partial charge in [-0.25, -0.2) is 9.59 Å². The molecule has 0 bridgehead atoms. The van der Waals surface area contributed by atoms with Gasteiger partial charge in [0.1, 0.15) is 5.70 Å². The summed E-state index contributed by atoms with van der Waals surface area (Å²) in [5, 5.41) is 3.19. The second kappa shape index (κ2) is 9.23. The molecule has 148 valence electrons. The number of ether oxygens (including phenoxy) is 2. The molecule has 0 aromatic heterocycles. The first-order valence-corrected chi connectivity index (χ1v) is 8.83. The van der Waals surface area contributed by atoms with Crippen LogP contribution in [0.2, 0.25) is 5.02 Å². The van der Waals surface area contributed by atoms with Gasteiger partial charge in [0.25, 0.3) is 0 Å². The SMILES string of the molecule is COC(=O)C1=C(C(=O)OC)N(c2cc(Cl)ccc2NC(=O)C(C)C)C=CC=C1. The van der Waals surface area contributed by atoms with Crippen LogP contribution >= 0.6 is 11.6 Å². The number of carbonyl (C=O) groups excluding carboxylic acids is 3. The lowest BCUT2D eigenvalue weighted by atomic mass is 10.1. The van der Waals surface area contributed by atoms with E-state index in [1.54, 1.807) is 50.4 Å². The zero-order chi connectivity index (χ0) is 20.8. The van der Waals surface area contributed by atoms with E-state index in [1.165, 1.54) is 25.2 Å². The largest absolute Gasteiger partial charge is 0.465 e. The van der Waals surface area contributed by atoms with Crippen molar-refractivity contribution in [3.63, 3.8) is 0 Å². The van der Waals surface area contributed by atoms with Gasteiger partial charge in [-0.2, -0.15) is 0 Å². The van der Waals surface area contributed by atoms with Gasteiger partial charge in [-0.1, -0.05) is 31.5 Å². The second-order valence-electron chi connectivity index (χ2n) is 6.12. The molecule has 1 aliphatic heterocycles. The molecule has 1 aromatic rings. The standard InChI is InChI=1S/C20H21ClN2O5/c1-12(2)18(24)22-15-9-8-13(21)11-16(15)23-10-6-5-7-14(19(25)27-3)17(23)20(26)28-4/h5-12H,1-4H3,(H,22,24). The Morgan fingerprint density at radius 3 is 2.36 bits per heavy atom. The summed E-state index contributed by atoms with van der Waals surface area (Å²) in [4.78, 5) is 38.5. The third-order valence-electron chi connectivity index (χ3n) is 3.89. The first-order valence-electron chi connectivity index (χ1n) is 8.45. The van der Waals surface area contributed by atoms with Gasteiger partial charge < -0.3 is 19.7 Å². The number of methoxy groups -OCH3 is 2. The van der Waals surface area contributed by atoms with E-state index in [2.05, 4.69) is 5.32 Å². The summed E-state index contributed by atoms with van der Waals surface area (Å²) >= 11 is 6.16. The Balaban J connectivity index is 2.69. The van der Waals surface area contributed by atoms with Crippen molar-refractivity contribution >= 4 is 40.8 Å². The number of halogens is 1. The van der Waals surface area contributed by atoms with Crippen LogP contribution in [0.4, 0.5) is 11.4 Å². The van der Waals surface area contributed by atoms with Crippen molar-refractivity contribution in [1.82, 2.24) is 0 Å². The summed E-state index contributed by atoms with van der Waals surface area (Å²) in [6, 6.07) is 4.81. The maximum absolute atomic E-state index is 12.5. The smallest absolute Gasteiger partial charge is 0.355 e. The summed E-state index contributed by atoms with van der Waals surface area (Å²) in [6.07, 6.45) is 6.24. The number of hydrogen-bond acceptors (Lipinski definition) is 6. The first-order chi connectivity index (χ1) is 13.3. The number of amides is 1. The molecule has 0 radical (unpaired) electrons. The van der Waals surface area contributed by atoms with Crippen LogP contribution < -0.4 is 10.2 Å². The molecule has 2 rings (SSSR count). The van der Waals surface area contributed by atoms with Crippen LogP contribution in [0, 0.1) is 5.92 Å². The van der Waals surface area contributed by atoms with Crippen molar-refractivity contribution in [2.24, 2.45) is 5.92 Å². The minimum absolute atomic E-state index is 0.000427. The summed E-state index contributed by atoms with van der Waals surface area (Å²) in [5.74, 6) is -1.93. The van der Waals surface area contributed by atoms with Crippen molar-refractivity contribution in [1.29, 1.82) is 0 Å². The monoisotopic (exact) mass is 404 g/mol. The predicted molar refractivity (Wildman–Crippen MR) is 107 cm³/mol. The fourth-order valence-electron chi connectivity index (χ4n) is 2.44. The second-order valence-corrected chi connectivity index (χ2v) is 6.56. The lowest BCUT2D eigenvalue weighted by Gasteiger charge is -2.26. The average molecular weight is 405 g/mol. The molecule has 0 aliphatic carbocycles. The molecular weight excluding hydrogens is 384 g/mol. The third-order valence-corrected chi connectivity index (χ3v) is 4.13. The van der Waals surface area contributed by atoms with Crippen LogP contribution in [0.3, 0.4) is 0 Å². The van der Waals surface area contributed by atoms with Crippen LogP contribution in [0.15, 0.2) is 53.9 Å². The van der Waals surface area contributed by atoms with E-state index in [0.717, 1.165) is 0 Å². The van der Waals surface area contributed by atoms with E-state index in [9.17, 15) is 14.4 Å². The summed E-state index contributed by atoms with van der Waals surface area (Å²) in [7, 11) is 2.43. The molecule has 8 heteroatoms. The van der Waals surface area contributed by atoms with Crippen molar-refractivity contribution in [2.45, 2.75) is 13.8 Å². The van der Waals surface area contributed by atoms with E-state index < -0.39 is 11.9 Å². The van der Waals surface area contributed by atoms with Gasteiger partial charge in [-0.3, -0.25) is 4.79 Å². The zero-order valence-electron chi connectivity index (χ0n) is 16.0. The minimum Gasteiger partial charge on any atom is -0.465 e. The number of nitrogens with one attached hydrogen (secondary N) is 1. The summed E-state index contributed by atoms with van der Waals surface area (Å²) in [6.45, 7) is 3.52. The molecule has 0 spiro atoms. The molecule has 0 unspecified atom stereocenters. The quantitative estimate of drug-likeness (QED) is 0.757. The Kier molecular flexibility index (Phi) is 7.00. The Morgan fingerprint density at radius 1 is 1.07 bits per heavy atom. The zero-order valence-corrected chi connectivity index (χ0v) is 16.7. The average Bonchev–Trinajstić information content (AvgIpc) is 2.90. The molecular formula is C20H21ClN2O5. The Morgan fingerprint density at radius 2 is 1.75 bits per heavy atom. The van der Waals surface area contributed by atoms with Gasteiger partial charge >= 0.3 is 11.9 Å². The van der Waals surface area contributed by atoms with Gasteiger partial charge in [-0.15, -0.1) is 0 Å². The molecule has 0 saturated carbocycles. The molecule has 1 aliphatic rings. The van der Waals surface area contributed by atoms with Gasteiger partial charge in [0.05, 0.1) is 31.2 Å². The number of rotatable bonds is 5. The van der Waals surface area contributed by atoms with E-state index in [-0.39, 0.29) is 23.1 Å². The number of benzene rings is 1. The normalized spacial score (nSPS) is 13.4. The van der Waals surface area contributed by atoms with Gasteiger partial charge in [0.15, 0.2) is 0 Å². The van der Waals surface area contributed by atoms with Crippen molar-refractivity contribution in [2.75, 3.05) is 24.4 Å². The predicted octanol–water partition coefficient (Wildman–Crippen LogP) is 3.42. The van der Waals surface area contributed by atoms with Gasteiger partial charge in [0.2, 0.25) is 5.91 Å². The Hall–Kier alpha value is -3.06. The molecule has 0 saturated heterocycles. The van der Waals surface area contributed by atoms with Crippen LogP contribution in [0.25, 0.3) is 0 Å². The van der Waals surface area contributed by atoms with E-state index in [0.29, 0.717) is 16.4 Å². The van der Waals surface area contributed by atoms with Crippen LogP contribution in [-0.4, -0.2) is 32.1 Å². The minimum atomic E-state index is -0.752. The lowest BCUT2D eigenvalue weighted by molar-refractivity contribution is -0.139. The molecule has 0 atom stereocenters. The van der Waals surface area contributed by atoms with E-state index in [4.69, 9.17) is 21.1 Å². The highest BCUT2D eigenvalue weighted by atomic mass is 35.5. The number of esters is 2. The highest BCUT2D eigenvalue weighted by molar-refractivity contribution is 6.31. The number of carbonyl (C=O) groups is 3. The van der Waals surface area contributed by atoms with Gasteiger partial charge in [0, 0.05) is 17.1 Å². The topological polar surface area (TPSA) is 84.9 Å². The highest BCUT2D eigenvalue weighted by Gasteiger charge is 2.29. The molecule has 1 N–H and O–H groups in total. The van der Waals surface area contributed by atoms with Crippen molar-refractivity contribution in [3.8, 4) is 0 Å². The first kappa shape index (κ1) is 21.2. The fourth-order valence-corrected chi connectivity index (χ4v) is 2.60. The summed E-state index contributed by atoms with van der Waals surface area (Å²) in [5.41, 5.74) is 0.741.